The molecule has 1 aliphatic rings. The molecule has 0 saturated heterocycles. The van der Waals surface area contributed by atoms with Gasteiger partial charge in [0, 0.05) is 11.9 Å². The Balaban J connectivity index is 2.07. The van der Waals surface area contributed by atoms with Gasteiger partial charge in [0.05, 0.1) is 22.5 Å². The number of nitriles is 1. The van der Waals surface area contributed by atoms with Crippen LogP contribution in [0.15, 0.2) is 29.3 Å². The van der Waals surface area contributed by atoms with Gasteiger partial charge in [-0.2, -0.15) is 5.26 Å². The second kappa shape index (κ2) is 5.86. The van der Waals surface area contributed by atoms with Crippen molar-refractivity contribution in [3.8, 4) is 16.5 Å². The summed E-state index contributed by atoms with van der Waals surface area (Å²) in [6, 6.07) is 7.84. The van der Waals surface area contributed by atoms with Crippen molar-refractivity contribution in [2.24, 2.45) is 10.7 Å². The SMILES string of the molecule is CN1C(=O)C[C@@](C)(c2cc(N)c(-c3ccc(F)c(C#N)c3)s2)N=C1N. The first-order valence-corrected chi connectivity index (χ1v) is 8.28. The average Bonchev–Trinajstić information content (AvgIpc) is 2.96. The van der Waals surface area contributed by atoms with E-state index in [1.165, 1.54) is 28.4 Å². The van der Waals surface area contributed by atoms with Crippen molar-refractivity contribution in [2.45, 2.75) is 18.9 Å². The molecule has 2 heterocycles. The van der Waals surface area contributed by atoms with Gasteiger partial charge in [-0.3, -0.25) is 9.69 Å². The van der Waals surface area contributed by atoms with Crippen molar-refractivity contribution in [3.05, 3.63) is 40.5 Å². The lowest BCUT2D eigenvalue weighted by Crippen LogP contribution is -2.47. The Kier molecular flexibility index (Phi) is 3.97. The number of halogens is 1. The van der Waals surface area contributed by atoms with Crippen LogP contribution in [0, 0.1) is 17.1 Å². The summed E-state index contributed by atoms with van der Waals surface area (Å²) in [4.78, 5) is 19.4. The molecule has 0 fully saturated rings. The highest BCUT2D eigenvalue weighted by Gasteiger charge is 2.37. The summed E-state index contributed by atoms with van der Waals surface area (Å²) in [5, 5.41) is 9.00. The van der Waals surface area contributed by atoms with Gasteiger partial charge in [-0.25, -0.2) is 9.38 Å². The zero-order chi connectivity index (χ0) is 18.4. The van der Waals surface area contributed by atoms with Crippen molar-refractivity contribution in [1.82, 2.24) is 4.90 Å². The number of nitrogen functional groups attached to an aromatic ring is 1. The van der Waals surface area contributed by atoms with E-state index in [1.807, 2.05) is 13.0 Å². The van der Waals surface area contributed by atoms with E-state index < -0.39 is 11.4 Å². The number of thiophene rings is 1. The molecular weight excluding hydrogens is 341 g/mol. The van der Waals surface area contributed by atoms with Gasteiger partial charge in [0.2, 0.25) is 5.91 Å². The normalized spacial score (nSPS) is 20.3. The van der Waals surface area contributed by atoms with E-state index in [1.54, 1.807) is 19.2 Å². The predicted octanol–water partition coefficient (Wildman–Crippen LogP) is 2.40. The molecule has 8 heteroatoms. The fraction of sp³-hybridized carbons (Fsp3) is 0.235. The maximum atomic E-state index is 13.5. The summed E-state index contributed by atoms with van der Waals surface area (Å²) in [7, 11) is 1.58. The third kappa shape index (κ3) is 2.83. The number of rotatable bonds is 2. The van der Waals surface area contributed by atoms with Crippen LogP contribution in [0.4, 0.5) is 10.1 Å². The molecule has 0 saturated carbocycles. The second-order valence-corrected chi connectivity index (χ2v) is 7.13. The highest BCUT2D eigenvalue weighted by Crippen LogP contribution is 2.43. The molecule has 0 bridgehead atoms. The highest BCUT2D eigenvalue weighted by molar-refractivity contribution is 7.16. The summed E-state index contributed by atoms with van der Waals surface area (Å²) in [5.41, 5.74) is 12.2. The lowest BCUT2D eigenvalue weighted by molar-refractivity contribution is -0.128. The molecule has 1 aliphatic heterocycles. The van der Waals surface area contributed by atoms with Gasteiger partial charge in [0.25, 0.3) is 0 Å². The average molecular weight is 357 g/mol. The summed E-state index contributed by atoms with van der Waals surface area (Å²) in [6.07, 6.45) is 0.177. The van der Waals surface area contributed by atoms with Gasteiger partial charge in [-0.05, 0) is 30.7 Å². The van der Waals surface area contributed by atoms with Gasteiger partial charge in [-0.15, -0.1) is 11.3 Å². The van der Waals surface area contributed by atoms with Crippen LogP contribution in [0.3, 0.4) is 0 Å². The molecule has 6 nitrogen and oxygen atoms in total. The second-order valence-electron chi connectivity index (χ2n) is 6.07. The van der Waals surface area contributed by atoms with Crippen LogP contribution in [-0.4, -0.2) is 23.8 Å². The number of hydrogen-bond donors (Lipinski definition) is 2. The minimum atomic E-state index is -0.803. The molecule has 3 rings (SSSR count). The van der Waals surface area contributed by atoms with E-state index in [9.17, 15) is 9.18 Å². The van der Waals surface area contributed by atoms with Crippen LogP contribution in [0.2, 0.25) is 0 Å². The molecule has 0 aliphatic carbocycles. The zero-order valence-corrected chi connectivity index (χ0v) is 14.5. The Hall–Kier alpha value is -2.92. The molecule has 1 aromatic heterocycles. The monoisotopic (exact) mass is 357 g/mol. The number of anilines is 1. The lowest BCUT2D eigenvalue weighted by atomic mass is 9.94. The number of guanidine groups is 1. The van der Waals surface area contributed by atoms with Crippen LogP contribution < -0.4 is 11.5 Å². The summed E-state index contributed by atoms with van der Waals surface area (Å²) in [5.74, 6) is -0.551. The van der Waals surface area contributed by atoms with Crippen LogP contribution in [-0.2, 0) is 10.3 Å². The molecule has 4 N–H and O–H groups in total. The maximum absolute atomic E-state index is 13.5. The molecule has 128 valence electrons. The molecule has 1 aromatic carbocycles. The van der Waals surface area contributed by atoms with Gasteiger partial charge in [0.1, 0.15) is 17.4 Å². The number of aliphatic imine (C=N–C) groups is 1. The van der Waals surface area contributed by atoms with E-state index in [0.717, 1.165) is 4.88 Å². The number of amides is 1. The van der Waals surface area contributed by atoms with Crippen LogP contribution in [0.25, 0.3) is 10.4 Å². The molecule has 0 spiro atoms. The highest BCUT2D eigenvalue weighted by atomic mass is 32.1. The number of nitrogens with zero attached hydrogens (tertiary/aromatic N) is 3. The van der Waals surface area contributed by atoms with Crippen molar-refractivity contribution in [3.63, 3.8) is 0 Å². The minimum Gasteiger partial charge on any atom is -0.398 e. The van der Waals surface area contributed by atoms with Gasteiger partial charge in [-0.1, -0.05) is 6.07 Å². The zero-order valence-electron chi connectivity index (χ0n) is 13.7. The Morgan fingerprint density at radius 3 is 2.76 bits per heavy atom. The van der Waals surface area contributed by atoms with Gasteiger partial charge >= 0.3 is 0 Å². The third-order valence-electron chi connectivity index (χ3n) is 4.22. The van der Waals surface area contributed by atoms with E-state index in [-0.39, 0.29) is 23.9 Å². The summed E-state index contributed by atoms with van der Waals surface area (Å²) >= 11 is 1.36. The predicted molar refractivity (Wildman–Crippen MR) is 95.2 cm³/mol. The number of carbonyl (C=O) groups is 1. The maximum Gasteiger partial charge on any atom is 0.231 e. The summed E-state index contributed by atoms with van der Waals surface area (Å²) in [6.45, 7) is 1.82. The Labute approximate surface area is 148 Å². The van der Waals surface area contributed by atoms with Crippen molar-refractivity contribution >= 4 is 28.9 Å². The fourth-order valence-electron chi connectivity index (χ4n) is 2.70. The van der Waals surface area contributed by atoms with Crippen LogP contribution in [0.5, 0.6) is 0 Å². The molecule has 0 radical (unpaired) electrons. The molecule has 25 heavy (non-hydrogen) atoms. The molecule has 1 atom stereocenters. The summed E-state index contributed by atoms with van der Waals surface area (Å²) < 4.78 is 13.5. The van der Waals surface area contributed by atoms with Crippen molar-refractivity contribution < 1.29 is 9.18 Å². The first kappa shape index (κ1) is 16.9. The first-order valence-electron chi connectivity index (χ1n) is 7.47. The molecule has 2 aromatic rings. The molecule has 1 amide bonds. The largest absolute Gasteiger partial charge is 0.398 e. The van der Waals surface area contributed by atoms with Crippen LogP contribution in [0.1, 0.15) is 23.8 Å². The number of carbonyl (C=O) groups excluding carboxylic acids is 1. The van der Waals surface area contributed by atoms with E-state index in [4.69, 9.17) is 16.7 Å². The molecular formula is C17H16FN5OS. The van der Waals surface area contributed by atoms with E-state index in [0.29, 0.717) is 16.1 Å². The molecule has 0 unspecified atom stereocenters. The standard InChI is InChI=1S/C17H16FN5OS/c1-17(7-14(24)23(2)16(21)22-17)13-6-12(20)15(25-13)9-3-4-11(18)10(5-9)8-19/h3-6H,7,20H2,1-2H3,(H2,21,22)/t17-/m0/s1. The van der Waals surface area contributed by atoms with Crippen LogP contribution >= 0.6 is 11.3 Å². The lowest BCUT2D eigenvalue weighted by Gasteiger charge is -2.32. The van der Waals surface area contributed by atoms with Gasteiger partial charge in [0.15, 0.2) is 5.96 Å². The number of hydrogen-bond acceptors (Lipinski definition) is 6. The van der Waals surface area contributed by atoms with Gasteiger partial charge < -0.3 is 11.5 Å². The Morgan fingerprint density at radius 1 is 1.40 bits per heavy atom. The minimum absolute atomic E-state index is 0.0465. The third-order valence-corrected chi connectivity index (χ3v) is 5.67. The fourth-order valence-corrected chi connectivity index (χ4v) is 3.86. The van der Waals surface area contributed by atoms with E-state index >= 15 is 0 Å². The van der Waals surface area contributed by atoms with E-state index in [2.05, 4.69) is 4.99 Å². The first-order chi connectivity index (χ1) is 11.7. The smallest absolute Gasteiger partial charge is 0.231 e. The number of nitrogens with two attached hydrogens (primary N) is 2. The van der Waals surface area contributed by atoms with Crippen molar-refractivity contribution in [2.75, 3.05) is 12.8 Å². The van der Waals surface area contributed by atoms with Crippen molar-refractivity contribution in [1.29, 1.82) is 5.26 Å². The number of benzene rings is 1. The Bertz CT molecular complexity index is 945. The topological polar surface area (TPSA) is 108 Å². The Morgan fingerprint density at radius 2 is 2.12 bits per heavy atom. The quantitative estimate of drug-likeness (QED) is 0.860.